The van der Waals surface area contributed by atoms with Crippen molar-refractivity contribution in [2.75, 3.05) is 0 Å². The first-order valence-electron chi connectivity index (χ1n) is 1.68. The van der Waals surface area contributed by atoms with Crippen LogP contribution in [0.15, 0.2) is 9.88 Å². The average Bonchev–Trinajstić information content (AvgIpc) is 1.65. The minimum atomic E-state index is 0. The predicted molar refractivity (Wildman–Crippen MR) is 32.7 cm³/mol. The Balaban J connectivity index is 0. The van der Waals surface area contributed by atoms with Gasteiger partial charge in [0.05, 0.1) is 0 Å². The van der Waals surface area contributed by atoms with E-state index in [1.807, 2.05) is 13.0 Å². The van der Waals surface area contributed by atoms with Gasteiger partial charge in [-0.1, -0.05) is 0 Å². The van der Waals surface area contributed by atoms with Gasteiger partial charge in [-0.25, -0.2) is 0 Å². The van der Waals surface area contributed by atoms with E-state index in [0.717, 1.165) is 3.80 Å². The molecule has 0 fully saturated rings. The second-order valence-electron chi connectivity index (χ2n) is 0.812. The fourth-order valence-electron chi connectivity index (χ4n) is 0.118. The third-order valence-electron chi connectivity index (χ3n) is 0.437. The molecule has 0 rings (SSSR count). The van der Waals surface area contributed by atoms with E-state index in [0.29, 0.717) is 15.0 Å². The minimum absolute atomic E-state index is 0. The average molecular weight is 173 g/mol. The molecule has 0 unspecified atom stereocenters. The van der Waals surface area contributed by atoms with Crippen LogP contribution in [0.1, 0.15) is 6.92 Å². The molecule has 3 heteroatoms. The Kier molecular flexibility index (Phi) is 11.1. The summed E-state index contributed by atoms with van der Waals surface area (Å²) in [5, 5.41) is 0. The summed E-state index contributed by atoms with van der Waals surface area (Å²) in [7, 11) is 0. The molecule has 0 spiro atoms. The summed E-state index contributed by atoms with van der Waals surface area (Å²) >= 11 is 5.39. The molecule has 0 aliphatic rings. The molecule has 0 aromatic rings. The molecule has 0 aromatic carbocycles. The summed E-state index contributed by atoms with van der Waals surface area (Å²) < 4.78 is 1.11. The molecular weight excluding hydrogens is 166 g/mol. The molecule has 0 heterocycles. The molecule has 0 amide bonds. The van der Waals surface area contributed by atoms with Gasteiger partial charge in [0.1, 0.15) is 0 Å². The summed E-state index contributed by atoms with van der Waals surface area (Å²) in [4.78, 5) is 0. The molecule has 0 saturated carbocycles. The number of hydrogen-bond acceptors (Lipinski definition) is 1. The Morgan fingerprint density at radius 3 is 2.14 bits per heavy atom. The van der Waals surface area contributed by atoms with Crippen LogP contribution in [0.3, 0.4) is 0 Å². The van der Waals surface area contributed by atoms with Crippen LogP contribution in [0.2, 0.25) is 5.82 Å². The fourth-order valence-corrected chi connectivity index (χ4v) is 0.612. The van der Waals surface area contributed by atoms with E-state index in [1.165, 1.54) is 0 Å². The van der Waals surface area contributed by atoms with Crippen LogP contribution in [-0.4, -0.2) is 15.0 Å². The van der Waals surface area contributed by atoms with Gasteiger partial charge in [0.2, 0.25) is 0 Å². The smallest absolute Gasteiger partial charge is 1.00 e. The molecule has 36 valence electrons. The van der Waals surface area contributed by atoms with E-state index in [1.54, 1.807) is 0 Å². The Hall–Kier alpha value is 1.08. The standard InChI is InChI=1S/C4H8SSe.Li/c1-3-4(5)6-2;/h3,5H,1-2H3;/q;+1/p-1/b4-3-;. The first kappa shape index (κ1) is 11.0. The van der Waals surface area contributed by atoms with Crippen molar-refractivity contribution in [1.29, 1.82) is 0 Å². The number of allylic oxidation sites excluding steroid dienone is 1. The molecular formula is C4H7LiSSe. The van der Waals surface area contributed by atoms with Crippen molar-refractivity contribution in [3.63, 3.8) is 0 Å². The van der Waals surface area contributed by atoms with Crippen molar-refractivity contribution in [3.05, 3.63) is 9.88 Å². The Labute approximate surface area is 68.9 Å². The maximum atomic E-state index is 4.83. The van der Waals surface area contributed by atoms with Gasteiger partial charge in [-0.2, -0.15) is 0 Å². The second kappa shape index (κ2) is 7.08. The quantitative estimate of drug-likeness (QED) is 0.331. The summed E-state index contributed by atoms with van der Waals surface area (Å²) in [6.45, 7) is 1.98. The SMILES string of the molecule is C/C=C(/[S-])[Se]C.[Li+]. The van der Waals surface area contributed by atoms with Gasteiger partial charge >= 0.3 is 69.1 Å². The van der Waals surface area contributed by atoms with E-state index in [4.69, 9.17) is 12.6 Å². The third kappa shape index (κ3) is 7.08. The van der Waals surface area contributed by atoms with Crippen LogP contribution in [0.5, 0.6) is 0 Å². The summed E-state index contributed by atoms with van der Waals surface area (Å²) in [5.74, 6) is 2.12. The topological polar surface area (TPSA) is 0 Å². The van der Waals surface area contributed by atoms with E-state index < -0.39 is 0 Å². The van der Waals surface area contributed by atoms with Crippen molar-refractivity contribution in [3.8, 4) is 0 Å². The van der Waals surface area contributed by atoms with Crippen LogP contribution < -0.4 is 18.9 Å². The fraction of sp³-hybridized carbons (Fsp3) is 0.500. The summed E-state index contributed by atoms with van der Waals surface area (Å²) in [6, 6.07) is 0. The maximum Gasteiger partial charge on any atom is 1.00 e. The van der Waals surface area contributed by atoms with Crippen LogP contribution in [0.4, 0.5) is 0 Å². The van der Waals surface area contributed by atoms with Crippen molar-refractivity contribution < 1.29 is 18.9 Å². The zero-order chi connectivity index (χ0) is 4.99. The van der Waals surface area contributed by atoms with Gasteiger partial charge in [-0.3, -0.25) is 0 Å². The van der Waals surface area contributed by atoms with Crippen molar-refractivity contribution >= 4 is 27.6 Å². The molecule has 0 N–H and O–H groups in total. The first-order valence-corrected chi connectivity index (χ1v) is 4.66. The molecule has 0 aromatic heterocycles. The molecule has 0 nitrogen and oxygen atoms in total. The normalized spacial score (nSPS) is 10.3. The van der Waals surface area contributed by atoms with Gasteiger partial charge in [0.25, 0.3) is 0 Å². The molecule has 0 radical (unpaired) electrons. The van der Waals surface area contributed by atoms with Crippen molar-refractivity contribution in [2.24, 2.45) is 0 Å². The van der Waals surface area contributed by atoms with Gasteiger partial charge in [0, 0.05) is 0 Å². The van der Waals surface area contributed by atoms with Crippen LogP contribution >= 0.6 is 0 Å². The molecule has 7 heavy (non-hydrogen) atoms. The largest absolute Gasteiger partial charge is 1.00 e. The van der Waals surface area contributed by atoms with E-state index in [2.05, 4.69) is 5.82 Å². The molecule has 0 bridgehead atoms. The maximum absolute atomic E-state index is 4.83. The van der Waals surface area contributed by atoms with Crippen molar-refractivity contribution in [1.82, 2.24) is 0 Å². The molecule has 0 saturated heterocycles. The Bertz CT molecular complexity index is 62.7. The first-order chi connectivity index (χ1) is 2.81. The zero-order valence-corrected chi connectivity index (χ0v) is 7.42. The number of hydrogen-bond donors (Lipinski definition) is 0. The summed E-state index contributed by atoms with van der Waals surface area (Å²) in [5.41, 5.74) is 0. The number of rotatable bonds is 1. The molecule has 0 atom stereocenters. The minimum Gasteiger partial charge on any atom is 1.00 e. The van der Waals surface area contributed by atoms with Gasteiger partial charge in [-0.15, -0.1) is 0 Å². The van der Waals surface area contributed by atoms with Gasteiger partial charge in [-0.05, 0) is 0 Å². The zero-order valence-electron chi connectivity index (χ0n) is 4.89. The van der Waals surface area contributed by atoms with Crippen molar-refractivity contribution in [2.45, 2.75) is 12.7 Å². The van der Waals surface area contributed by atoms with Gasteiger partial charge < -0.3 is 0 Å². The monoisotopic (exact) mass is 174 g/mol. The molecule has 0 aliphatic heterocycles. The van der Waals surface area contributed by atoms with Crippen LogP contribution in [0.25, 0.3) is 0 Å². The van der Waals surface area contributed by atoms with Gasteiger partial charge in [0.15, 0.2) is 0 Å². The van der Waals surface area contributed by atoms with E-state index >= 15 is 0 Å². The third-order valence-corrected chi connectivity index (χ3v) is 2.88. The summed E-state index contributed by atoms with van der Waals surface area (Å²) in [6.07, 6.45) is 1.98. The van der Waals surface area contributed by atoms with E-state index in [9.17, 15) is 0 Å². The van der Waals surface area contributed by atoms with Crippen LogP contribution in [0, 0.1) is 0 Å². The molecule has 0 aliphatic carbocycles. The second-order valence-corrected chi connectivity index (χ2v) is 3.61. The predicted octanol–water partition coefficient (Wildman–Crippen LogP) is -1.85. The Morgan fingerprint density at radius 1 is 1.71 bits per heavy atom. The van der Waals surface area contributed by atoms with Crippen LogP contribution in [-0.2, 0) is 12.6 Å². The Morgan fingerprint density at radius 2 is 2.14 bits per heavy atom. The van der Waals surface area contributed by atoms with E-state index in [-0.39, 0.29) is 18.9 Å².